The Bertz CT molecular complexity index is 672. The molecule has 0 fully saturated rings. The Morgan fingerprint density at radius 2 is 2.00 bits per heavy atom. The standard InChI is InChI=1S/C15H22N2O5S/c1-11(10-22-3)16-15(19)9-17(23(4,20)21)14-7-5-6-13(8-14)12(2)18/h5-8,11H,9-10H2,1-4H3,(H,16,19)/t11-/m0/s1. The number of hydrogen-bond acceptors (Lipinski definition) is 5. The van der Waals surface area contributed by atoms with Crippen LogP contribution in [0.1, 0.15) is 24.2 Å². The van der Waals surface area contributed by atoms with Crippen LogP contribution < -0.4 is 9.62 Å². The number of amides is 1. The summed E-state index contributed by atoms with van der Waals surface area (Å²) >= 11 is 0. The van der Waals surface area contributed by atoms with Gasteiger partial charge in [0.25, 0.3) is 0 Å². The third-order valence-corrected chi connectivity index (χ3v) is 4.19. The second-order valence-corrected chi connectivity index (χ2v) is 7.21. The van der Waals surface area contributed by atoms with Crippen molar-refractivity contribution in [2.75, 3.05) is 30.8 Å². The minimum absolute atomic E-state index is 0.182. The molecular weight excluding hydrogens is 320 g/mol. The van der Waals surface area contributed by atoms with E-state index in [0.29, 0.717) is 12.2 Å². The SMILES string of the molecule is COC[C@H](C)NC(=O)CN(c1cccc(C(C)=O)c1)S(C)(=O)=O. The summed E-state index contributed by atoms with van der Waals surface area (Å²) in [6, 6.07) is 5.93. The van der Waals surface area contributed by atoms with Crippen molar-refractivity contribution in [1.82, 2.24) is 5.32 Å². The molecule has 0 aliphatic heterocycles. The number of methoxy groups -OCH3 is 1. The minimum atomic E-state index is -3.67. The van der Waals surface area contributed by atoms with Crippen LogP contribution in [-0.2, 0) is 19.6 Å². The van der Waals surface area contributed by atoms with Gasteiger partial charge >= 0.3 is 0 Å². The number of hydrogen-bond donors (Lipinski definition) is 1. The zero-order chi connectivity index (χ0) is 17.6. The van der Waals surface area contributed by atoms with Gasteiger partial charge in [0.1, 0.15) is 6.54 Å². The third-order valence-electron chi connectivity index (χ3n) is 3.05. The summed E-state index contributed by atoms with van der Waals surface area (Å²) in [5.74, 6) is -0.633. The maximum Gasteiger partial charge on any atom is 0.241 e. The highest BCUT2D eigenvalue weighted by Gasteiger charge is 2.22. The quantitative estimate of drug-likeness (QED) is 0.706. The largest absolute Gasteiger partial charge is 0.383 e. The van der Waals surface area contributed by atoms with E-state index in [1.165, 1.54) is 20.1 Å². The maximum absolute atomic E-state index is 12.0. The van der Waals surface area contributed by atoms with Crippen LogP contribution in [0.2, 0.25) is 0 Å². The van der Waals surface area contributed by atoms with Gasteiger partial charge in [-0.15, -0.1) is 0 Å². The number of ketones is 1. The summed E-state index contributed by atoms with van der Waals surface area (Å²) in [4.78, 5) is 23.5. The van der Waals surface area contributed by atoms with E-state index in [9.17, 15) is 18.0 Å². The van der Waals surface area contributed by atoms with Crippen LogP contribution in [0.5, 0.6) is 0 Å². The van der Waals surface area contributed by atoms with E-state index >= 15 is 0 Å². The average molecular weight is 342 g/mol. The van der Waals surface area contributed by atoms with Crippen molar-refractivity contribution < 1.29 is 22.7 Å². The summed E-state index contributed by atoms with van der Waals surface area (Å²) in [6.45, 7) is 3.10. The fraction of sp³-hybridized carbons (Fsp3) is 0.467. The molecule has 0 saturated carbocycles. The number of nitrogens with one attached hydrogen (secondary N) is 1. The first-order valence-electron chi connectivity index (χ1n) is 7.02. The lowest BCUT2D eigenvalue weighted by atomic mass is 10.1. The number of ether oxygens (including phenoxy) is 1. The lowest BCUT2D eigenvalue weighted by molar-refractivity contribution is -0.120. The molecule has 0 saturated heterocycles. The Hall–Kier alpha value is -1.93. The highest BCUT2D eigenvalue weighted by Crippen LogP contribution is 2.19. The number of benzene rings is 1. The number of rotatable bonds is 8. The fourth-order valence-corrected chi connectivity index (χ4v) is 2.87. The molecule has 1 N–H and O–H groups in total. The molecule has 1 atom stereocenters. The molecule has 0 radical (unpaired) electrons. The summed E-state index contributed by atoms with van der Waals surface area (Å²) in [6.07, 6.45) is 1.01. The zero-order valence-electron chi connectivity index (χ0n) is 13.7. The van der Waals surface area contributed by atoms with Gasteiger partial charge in [-0.1, -0.05) is 12.1 Å². The van der Waals surface area contributed by atoms with Crippen molar-refractivity contribution in [2.24, 2.45) is 0 Å². The predicted octanol–water partition coefficient (Wildman–Crippen LogP) is 0.806. The summed E-state index contributed by atoms with van der Waals surface area (Å²) in [7, 11) is -2.16. The smallest absolute Gasteiger partial charge is 0.241 e. The van der Waals surface area contributed by atoms with Crippen LogP contribution in [0.3, 0.4) is 0 Å². The van der Waals surface area contributed by atoms with Crippen LogP contribution in [0.15, 0.2) is 24.3 Å². The normalized spacial score (nSPS) is 12.5. The molecule has 1 aromatic rings. The fourth-order valence-electron chi connectivity index (χ4n) is 2.02. The van der Waals surface area contributed by atoms with Crippen molar-refractivity contribution in [1.29, 1.82) is 0 Å². The molecule has 8 heteroatoms. The first-order chi connectivity index (χ1) is 10.6. The number of carbonyl (C=O) groups is 2. The number of nitrogens with zero attached hydrogens (tertiary/aromatic N) is 1. The van der Waals surface area contributed by atoms with Gasteiger partial charge in [0.15, 0.2) is 5.78 Å². The Morgan fingerprint density at radius 3 is 2.52 bits per heavy atom. The van der Waals surface area contributed by atoms with Crippen LogP contribution in [0.4, 0.5) is 5.69 Å². The second kappa shape index (κ2) is 8.07. The Kier molecular flexibility index (Phi) is 6.71. The van der Waals surface area contributed by atoms with Crippen LogP contribution in [0, 0.1) is 0 Å². The Morgan fingerprint density at radius 1 is 1.35 bits per heavy atom. The molecule has 0 aliphatic carbocycles. The van der Waals surface area contributed by atoms with E-state index in [1.54, 1.807) is 25.1 Å². The molecule has 1 amide bonds. The molecule has 23 heavy (non-hydrogen) atoms. The number of anilines is 1. The molecule has 0 heterocycles. The maximum atomic E-state index is 12.0. The van der Waals surface area contributed by atoms with E-state index < -0.39 is 15.9 Å². The minimum Gasteiger partial charge on any atom is -0.383 e. The van der Waals surface area contributed by atoms with Crippen molar-refractivity contribution in [2.45, 2.75) is 19.9 Å². The molecule has 0 bridgehead atoms. The molecule has 0 aliphatic rings. The van der Waals surface area contributed by atoms with Gasteiger partial charge < -0.3 is 10.1 Å². The second-order valence-electron chi connectivity index (χ2n) is 5.30. The summed E-state index contributed by atoms with van der Waals surface area (Å²) in [5.41, 5.74) is 0.652. The lowest BCUT2D eigenvalue weighted by Gasteiger charge is -2.23. The van der Waals surface area contributed by atoms with Gasteiger partial charge in [0.2, 0.25) is 15.9 Å². The Balaban J connectivity index is 3.01. The molecule has 1 rings (SSSR count). The highest BCUT2D eigenvalue weighted by molar-refractivity contribution is 7.92. The predicted molar refractivity (Wildman–Crippen MR) is 88.1 cm³/mol. The van der Waals surface area contributed by atoms with Gasteiger partial charge in [-0.25, -0.2) is 8.42 Å². The number of carbonyl (C=O) groups excluding carboxylic acids is 2. The topological polar surface area (TPSA) is 92.8 Å². The van der Waals surface area contributed by atoms with E-state index in [2.05, 4.69) is 5.32 Å². The first kappa shape index (κ1) is 19.1. The van der Waals surface area contributed by atoms with Gasteiger partial charge in [-0.05, 0) is 26.0 Å². The van der Waals surface area contributed by atoms with Crippen molar-refractivity contribution in [3.63, 3.8) is 0 Å². The van der Waals surface area contributed by atoms with Crippen molar-refractivity contribution in [3.8, 4) is 0 Å². The number of Topliss-reactive ketones (excluding diaryl/α,β-unsaturated/α-hetero) is 1. The van der Waals surface area contributed by atoms with Crippen molar-refractivity contribution in [3.05, 3.63) is 29.8 Å². The number of sulfonamides is 1. The van der Waals surface area contributed by atoms with E-state index in [4.69, 9.17) is 4.74 Å². The molecule has 0 spiro atoms. The first-order valence-corrected chi connectivity index (χ1v) is 8.87. The molecule has 7 nitrogen and oxygen atoms in total. The van der Waals surface area contributed by atoms with Gasteiger partial charge in [-0.3, -0.25) is 13.9 Å². The average Bonchev–Trinajstić information content (AvgIpc) is 2.43. The van der Waals surface area contributed by atoms with Crippen LogP contribution in [0.25, 0.3) is 0 Å². The van der Waals surface area contributed by atoms with Gasteiger partial charge in [0.05, 0.1) is 18.6 Å². The van der Waals surface area contributed by atoms with Gasteiger partial charge in [0, 0.05) is 18.7 Å². The van der Waals surface area contributed by atoms with E-state index in [0.717, 1.165) is 10.6 Å². The summed E-state index contributed by atoms with van der Waals surface area (Å²) < 4.78 is 29.9. The van der Waals surface area contributed by atoms with Gasteiger partial charge in [-0.2, -0.15) is 0 Å². The van der Waals surface area contributed by atoms with Crippen LogP contribution >= 0.6 is 0 Å². The highest BCUT2D eigenvalue weighted by atomic mass is 32.2. The molecule has 1 aromatic carbocycles. The Labute approximate surface area is 136 Å². The molecular formula is C15H22N2O5S. The zero-order valence-corrected chi connectivity index (χ0v) is 14.5. The monoisotopic (exact) mass is 342 g/mol. The lowest BCUT2D eigenvalue weighted by Crippen LogP contribution is -2.44. The third kappa shape index (κ3) is 5.99. The van der Waals surface area contributed by atoms with E-state index in [-0.39, 0.29) is 24.1 Å². The van der Waals surface area contributed by atoms with E-state index in [1.807, 2.05) is 0 Å². The van der Waals surface area contributed by atoms with Crippen molar-refractivity contribution >= 4 is 27.4 Å². The van der Waals surface area contributed by atoms with Crippen LogP contribution in [-0.4, -0.2) is 52.7 Å². The summed E-state index contributed by atoms with van der Waals surface area (Å²) in [5, 5.41) is 2.65. The molecule has 0 aromatic heterocycles. The molecule has 0 unspecified atom stereocenters. The molecule has 128 valence electrons.